The fourth-order valence-electron chi connectivity index (χ4n) is 2.05. The number of hydrogen-bond acceptors (Lipinski definition) is 1. The highest BCUT2D eigenvalue weighted by atomic mass is 14.9. The first-order valence-corrected chi connectivity index (χ1v) is 6.46. The molecule has 0 amide bonds. The van der Waals surface area contributed by atoms with Gasteiger partial charge in [-0.3, -0.25) is 0 Å². The van der Waals surface area contributed by atoms with Gasteiger partial charge in [0.05, 0.1) is 0 Å². The largest absolute Gasteiger partial charge is 0.310 e. The van der Waals surface area contributed by atoms with E-state index in [0.29, 0.717) is 6.04 Å². The van der Waals surface area contributed by atoms with Crippen LogP contribution in [0.2, 0.25) is 0 Å². The molecule has 1 N–H and O–H groups in total. The summed E-state index contributed by atoms with van der Waals surface area (Å²) in [6.45, 7) is 10.1. The van der Waals surface area contributed by atoms with E-state index in [1.165, 1.54) is 24.0 Å². The van der Waals surface area contributed by atoms with Gasteiger partial charge in [0.2, 0.25) is 0 Å². The second-order valence-electron chi connectivity index (χ2n) is 4.97. The molecule has 0 spiro atoms. The summed E-state index contributed by atoms with van der Waals surface area (Å²) in [6.07, 6.45) is 2.37. The van der Waals surface area contributed by atoms with Crippen LogP contribution in [0, 0.1) is 5.92 Å². The Labute approximate surface area is 100 Å². The van der Waals surface area contributed by atoms with Crippen LogP contribution in [0.15, 0.2) is 24.3 Å². The molecule has 0 aromatic heterocycles. The third-order valence-electron chi connectivity index (χ3n) is 2.85. The van der Waals surface area contributed by atoms with Crippen LogP contribution in [0.1, 0.15) is 51.3 Å². The van der Waals surface area contributed by atoms with Gasteiger partial charge < -0.3 is 5.32 Å². The minimum absolute atomic E-state index is 0.468. The average Bonchev–Trinajstić information content (AvgIpc) is 2.26. The zero-order valence-corrected chi connectivity index (χ0v) is 11.1. The molecule has 1 heteroatoms. The zero-order chi connectivity index (χ0) is 12.0. The summed E-state index contributed by atoms with van der Waals surface area (Å²) in [5.41, 5.74) is 2.96. The SMILES string of the molecule is CCCNC(C)c1ccccc1CC(C)C. The summed E-state index contributed by atoms with van der Waals surface area (Å²) in [4.78, 5) is 0. The van der Waals surface area contributed by atoms with Gasteiger partial charge in [0, 0.05) is 6.04 Å². The lowest BCUT2D eigenvalue weighted by atomic mass is 9.94. The maximum absolute atomic E-state index is 3.56. The van der Waals surface area contributed by atoms with Crippen LogP contribution >= 0.6 is 0 Å². The maximum Gasteiger partial charge on any atom is 0.0294 e. The topological polar surface area (TPSA) is 12.0 Å². The Kier molecular flexibility index (Phi) is 5.54. The van der Waals surface area contributed by atoms with E-state index in [2.05, 4.69) is 57.3 Å². The van der Waals surface area contributed by atoms with Crippen molar-refractivity contribution >= 4 is 0 Å². The Bertz CT molecular complexity index is 304. The predicted molar refractivity (Wildman–Crippen MR) is 71.7 cm³/mol. The van der Waals surface area contributed by atoms with Crippen molar-refractivity contribution in [3.8, 4) is 0 Å². The quantitative estimate of drug-likeness (QED) is 0.764. The van der Waals surface area contributed by atoms with Gasteiger partial charge in [-0.05, 0) is 43.4 Å². The molecule has 0 saturated carbocycles. The fraction of sp³-hybridized carbons (Fsp3) is 0.600. The van der Waals surface area contributed by atoms with E-state index in [4.69, 9.17) is 0 Å². The predicted octanol–water partition coefficient (Wildman–Crippen LogP) is 3.95. The Morgan fingerprint density at radius 2 is 1.81 bits per heavy atom. The Balaban J connectivity index is 2.76. The van der Waals surface area contributed by atoms with Gasteiger partial charge in [-0.15, -0.1) is 0 Å². The van der Waals surface area contributed by atoms with Crippen LogP contribution in [0.4, 0.5) is 0 Å². The molecule has 1 aromatic rings. The number of nitrogens with one attached hydrogen (secondary N) is 1. The van der Waals surface area contributed by atoms with Crippen molar-refractivity contribution in [2.45, 2.75) is 46.6 Å². The second kappa shape index (κ2) is 6.70. The molecule has 1 unspecified atom stereocenters. The molecule has 0 aliphatic rings. The standard InChI is InChI=1S/C15H25N/c1-5-10-16-13(4)15-9-7-6-8-14(15)11-12(2)3/h6-9,12-13,16H,5,10-11H2,1-4H3. The molecule has 0 radical (unpaired) electrons. The molecular weight excluding hydrogens is 194 g/mol. The van der Waals surface area contributed by atoms with Gasteiger partial charge in [-0.2, -0.15) is 0 Å². The Morgan fingerprint density at radius 3 is 2.44 bits per heavy atom. The molecule has 0 aliphatic carbocycles. The van der Waals surface area contributed by atoms with Gasteiger partial charge in [0.25, 0.3) is 0 Å². The van der Waals surface area contributed by atoms with Crippen molar-refractivity contribution in [2.75, 3.05) is 6.54 Å². The van der Waals surface area contributed by atoms with Crippen molar-refractivity contribution in [1.82, 2.24) is 5.32 Å². The third-order valence-corrected chi connectivity index (χ3v) is 2.85. The molecular formula is C15H25N. The van der Waals surface area contributed by atoms with E-state index in [9.17, 15) is 0 Å². The molecule has 0 heterocycles. The van der Waals surface area contributed by atoms with Crippen LogP contribution in [-0.4, -0.2) is 6.54 Å². The molecule has 1 atom stereocenters. The van der Waals surface area contributed by atoms with Crippen LogP contribution in [0.5, 0.6) is 0 Å². The minimum Gasteiger partial charge on any atom is -0.310 e. The maximum atomic E-state index is 3.56. The summed E-state index contributed by atoms with van der Waals surface area (Å²) in [5.74, 6) is 0.722. The van der Waals surface area contributed by atoms with E-state index >= 15 is 0 Å². The Morgan fingerprint density at radius 1 is 1.12 bits per heavy atom. The van der Waals surface area contributed by atoms with Crippen molar-refractivity contribution in [1.29, 1.82) is 0 Å². The van der Waals surface area contributed by atoms with Crippen LogP contribution in [0.3, 0.4) is 0 Å². The summed E-state index contributed by atoms with van der Waals surface area (Å²) < 4.78 is 0. The lowest BCUT2D eigenvalue weighted by Crippen LogP contribution is -2.20. The van der Waals surface area contributed by atoms with Crippen molar-refractivity contribution in [3.63, 3.8) is 0 Å². The Hall–Kier alpha value is -0.820. The van der Waals surface area contributed by atoms with Gasteiger partial charge >= 0.3 is 0 Å². The van der Waals surface area contributed by atoms with Gasteiger partial charge in [0.1, 0.15) is 0 Å². The molecule has 1 rings (SSSR count). The van der Waals surface area contributed by atoms with Crippen molar-refractivity contribution in [2.24, 2.45) is 5.92 Å². The summed E-state index contributed by atoms with van der Waals surface area (Å²) >= 11 is 0. The van der Waals surface area contributed by atoms with Crippen molar-refractivity contribution < 1.29 is 0 Å². The molecule has 0 fully saturated rings. The normalized spacial score (nSPS) is 13.1. The monoisotopic (exact) mass is 219 g/mol. The van der Waals surface area contributed by atoms with Crippen LogP contribution in [0.25, 0.3) is 0 Å². The van der Waals surface area contributed by atoms with E-state index < -0.39 is 0 Å². The third kappa shape index (κ3) is 3.97. The second-order valence-corrected chi connectivity index (χ2v) is 4.97. The number of benzene rings is 1. The van der Waals surface area contributed by atoms with Gasteiger partial charge in [-0.25, -0.2) is 0 Å². The lowest BCUT2D eigenvalue weighted by molar-refractivity contribution is 0.558. The van der Waals surface area contributed by atoms with E-state index in [-0.39, 0.29) is 0 Å². The van der Waals surface area contributed by atoms with E-state index in [1.54, 1.807) is 0 Å². The average molecular weight is 219 g/mol. The summed E-state index contributed by atoms with van der Waals surface area (Å²) in [5, 5.41) is 3.56. The van der Waals surface area contributed by atoms with E-state index in [1.807, 2.05) is 0 Å². The highest BCUT2D eigenvalue weighted by Gasteiger charge is 2.09. The first kappa shape index (κ1) is 13.2. The zero-order valence-electron chi connectivity index (χ0n) is 11.1. The van der Waals surface area contributed by atoms with Gasteiger partial charge in [-0.1, -0.05) is 45.0 Å². The first-order valence-electron chi connectivity index (χ1n) is 6.46. The minimum atomic E-state index is 0.468. The summed E-state index contributed by atoms with van der Waals surface area (Å²) in [6, 6.07) is 9.27. The van der Waals surface area contributed by atoms with Crippen LogP contribution in [-0.2, 0) is 6.42 Å². The molecule has 1 nitrogen and oxygen atoms in total. The molecule has 0 aliphatic heterocycles. The smallest absolute Gasteiger partial charge is 0.0294 e. The van der Waals surface area contributed by atoms with Gasteiger partial charge in [0.15, 0.2) is 0 Å². The fourth-order valence-corrected chi connectivity index (χ4v) is 2.05. The number of hydrogen-bond donors (Lipinski definition) is 1. The summed E-state index contributed by atoms with van der Waals surface area (Å²) in [7, 11) is 0. The first-order chi connectivity index (χ1) is 7.65. The highest BCUT2D eigenvalue weighted by molar-refractivity contribution is 5.30. The molecule has 16 heavy (non-hydrogen) atoms. The molecule has 1 aromatic carbocycles. The lowest BCUT2D eigenvalue weighted by Gasteiger charge is -2.18. The molecule has 0 bridgehead atoms. The van der Waals surface area contributed by atoms with Crippen molar-refractivity contribution in [3.05, 3.63) is 35.4 Å². The molecule has 0 saturated heterocycles. The molecule has 90 valence electrons. The highest BCUT2D eigenvalue weighted by Crippen LogP contribution is 2.20. The van der Waals surface area contributed by atoms with E-state index in [0.717, 1.165) is 12.5 Å². The van der Waals surface area contributed by atoms with Crippen LogP contribution < -0.4 is 5.32 Å². The number of rotatable bonds is 6.